The quantitative estimate of drug-likeness (QED) is 0.290. The highest BCUT2D eigenvalue weighted by Gasteiger charge is 2.25. The molecule has 1 aromatic heterocycles. The second kappa shape index (κ2) is 12.2. The Balaban J connectivity index is 1.38. The van der Waals surface area contributed by atoms with Gasteiger partial charge in [0.2, 0.25) is 0 Å². The minimum atomic E-state index is -0.487. The number of nitrogens with one attached hydrogen (secondary N) is 1. The number of fused-ring (bicyclic) bond motifs is 1. The van der Waals surface area contributed by atoms with Gasteiger partial charge in [-0.1, -0.05) is 11.6 Å². The maximum Gasteiger partial charge on any atom is 0.309 e. The van der Waals surface area contributed by atoms with Gasteiger partial charge in [0.05, 0.1) is 36.8 Å². The zero-order valence-electron chi connectivity index (χ0n) is 20.4. The molecule has 10 heteroatoms. The third-order valence-corrected chi connectivity index (χ3v) is 6.48. The molecular weight excluding hydrogens is 487 g/mol. The molecule has 0 spiro atoms. The molecule has 0 bridgehead atoms. The first-order valence-electron chi connectivity index (χ1n) is 12.0. The molecule has 2 aromatic carbocycles. The van der Waals surface area contributed by atoms with Crippen LogP contribution in [-0.4, -0.2) is 60.8 Å². The van der Waals surface area contributed by atoms with Crippen molar-refractivity contribution in [1.82, 2.24) is 14.9 Å². The molecule has 0 radical (unpaired) electrons. The standard InChI is InChI=1S/C26H30ClFN4O4/c1-3-35-26(33)17-7-10-32(11-8-17)9-4-12-36-24-14-19-22(15-23(24)34-2)29-16-30-25(19)31-18-5-6-21(28)20(27)13-18/h5-6,13-17H,3-4,7-12H2,1-2H3,(H,29,30,31). The second-order valence-electron chi connectivity index (χ2n) is 8.57. The minimum Gasteiger partial charge on any atom is -0.493 e. The van der Waals surface area contributed by atoms with Crippen molar-refractivity contribution >= 4 is 40.0 Å². The molecule has 0 saturated carbocycles. The number of hydrogen-bond acceptors (Lipinski definition) is 8. The highest BCUT2D eigenvalue weighted by Crippen LogP contribution is 2.35. The van der Waals surface area contributed by atoms with Gasteiger partial charge in [-0.2, -0.15) is 0 Å². The maximum atomic E-state index is 13.5. The van der Waals surface area contributed by atoms with E-state index in [0.29, 0.717) is 41.7 Å². The van der Waals surface area contributed by atoms with Gasteiger partial charge < -0.3 is 24.4 Å². The topological polar surface area (TPSA) is 85.8 Å². The van der Waals surface area contributed by atoms with Crippen molar-refractivity contribution in [3.63, 3.8) is 0 Å². The number of ether oxygens (including phenoxy) is 3. The van der Waals surface area contributed by atoms with E-state index < -0.39 is 5.82 Å². The Morgan fingerprint density at radius 3 is 2.72 bits per heavy atom. The van der Waals surface area contributed by atoms with Gasteiger partial charge in [0.1, 0.15) is 18.0 Å². The van der Waals surface area contributed by atoms with Crippen LogP contribution in [0.2, 0.25) is 5.02 Å². The average molecular weight is 517 g/mol. The second-order valence-corrected chi connectivity index (χ2v) is 8.97. The summed E-state index contributed by atoms with van der Waals surface area (Å²) in [6.45, 7) is 5.41. The number of nitrogens with zero attached hydrogens (tertiary/aromatic N) is 3. The Hall–Kier alpha value is -3.17. The number of likely N-dealkylation sites (tertiary alicyclic amines) is 1. The smallest absolute Gasteiger partial charge is 0.309 e. The van der Waals surface area contributed by atoms with E-state index in [-0.39, 0.29) is 16.9 Å². The SMILES string of the molecule is CCOC(=O)C1CCN(CCCOc2cc3c(Nc4ccc(F)c(Cl)c4)ncnc3cc2OC)CC1. The fourth-order valence-electron chi connectivity index (χ4n) is 4.27. The highest BCUT2D eigenvalue weighted by molar-refractivity contribution is 6.31. The number of halogens is 2. The molecule has 1 fully saturated rings. The molecule has 1 saturated heterocycles. The zero-order chi connectivity index (χ0) is 25.5. The third kappa shape index (κ3) is 6.33. The number of benzene rings is 2. The molecule has 1 N–H and O–H groups in total. The number of esters is 1. The predicted molar refractivity (Wildman–Crippen MR) is 137 cm³/mol. The molecule has 4 rings (SSSR count). The van der Waals surface area contributed by atoms with Crippen molar-refractivity contribution in [3.05, 3.63) is 47.5 Å². The van der Waals surface area contributed by atoms with E-state index in [2.05, 4.69) is 20.2 Å². The van der Waals surface area contributed by atoms with Gasteiger partial charge in [-0.15, -0.1) is 0 Å². The van der Waals surface area contributed by atoms with Crippen molar-refractivity contribution in [2.24, 2.45) is 5.92 Å². The average Bonchev–Trinajstić information content (AvgIpc) is 2.89. The number of aromatic nitrogens is 2. The van der Waals surface area contributed by atoms with E-state index in [4.69, 9.17) is 25.8 Å². The summed E-state index contributed by atoms with van der Waals surface area (Å²) in [6.07, 6.45) is 3.93. The van der Waals surface area contributed by atoms with Crippen LogP contribution in [0, 0.1) is 11.7 Å². The van der Waals surface area contributed by atoms with Crippen LogP contribution in [0.5, 0.6) is 11.5 Å². The van der Waals surface area contributed by atoms with Gasteiger partial charge >= 0.3 is 5.97 Å². The molecular formula is C26H30ClFN4O4. The number of carbonyl (C=O) groups excluding carboxylic acids is 1. The van der Waals surface area contributed by atoms with Gasteiger partial charge in [-0.25, -0.2) is 14.4 Å². The summed E-state index contributed by atoms with van der Waals surface area (Å²) in [4.78, 5) is 23.0. The largest absolute Gasteiger partial charge is 0.493 e. The van der Waals surface area contributed by atoms with Crippen molar-refractivity contribution in [1.29, 1.82) is 0 Å². The van der Waals surface area contributed by atoms with E-state index >= 15 is 0 Å². The Labute approximate surface area is 214 Å². The van der Waals surface area contributed by atoms with Crippen LogP contribution < -0.4 is 14.8 Å². The Morgan fingerprint density at radius 1 is 1.19 bits per heavy atom. The summed E-state index contributed by atoms with van der Waals surface area (Å²) in [5.41, 5.74) is 1.28. The minimum absolute atomic E-state index is 0.00951. The van der Waals surface area contributed by atoms with E-state index in [1.807, 2.05) is 13.0 Å². The Bertz CT molecular complexity index is 1200. The number of methoxy groups -OCH3 is 1. The summed E-state index contributed by atoms with van der Waals surface area (Å²) in [5.74, 6) is 1.14. The maximum absolute atomic E-state index is 13.5. The molecule has 0 unspecified atom stereocenters. The zero-order valence-corrected chi connectivity index (χ0v) is 21.2. The number of rotatable bonds is 10. The fraction of sp³-hybridized carbons (Fsp3) is 0.423. The first-order valence-corrected chi connectivity index (χ1v) is 12.4. The predicted octanol–water partition coefficient (Wildman–Crippen LogP) is 5.22. The lowest BCUT2D eigenvalue weighted by atomic mass is 9.97. The first-order chi connectivity index (χ1) is 17.5. The fourth-order valence-corrected chi connectivity index (χ4v) is 4.45. The van der Waals surface area contributed by atoms with Gasteiger partial charge in [-0.3, -0.25) is 4.79 Å². The van der Waals surface area contributed by atoms with E-state index in [0.717, 1.165) is 44.3 Å². The lowest BCUT2D eigenvalue weighted by Gasteiger charge is -2.30. The summed E-state index contributed by atoms with van der Waals surface area (Å²) >= 11 is 5.92. The molecule has 8 nitrogen and oxygen atoms in total. The monoisotopic (exact) mass is 516 g/mol. The van der Waals surface area contributed by atoms with Crippen LogP contribution in [-0.2, 0) is 9.53 Å². The van der Waals surface area contributed by atoms with Gasteiger partial charge in [0.15, 0.2) is 11.5 Å². The van der Waals surface area contributed by atoms with E-state index in [1.54, 1.807) is 19.2 Å². The molecule has 0 amide bonds. The highest BCUT2D eigenvalue weighted by atomic mass is 35.5. The molecule has 1 aliphatic rings. The molecule has 0 aliphatic carbocycles. The van der Waals surface area contributed by atoms with Crippen molar-refractivity contribution in [3.8, 4) is 11.5 Å². The van der Waals surface area contributed by atoms with E-state index in [9.17, 15) is 9.18 Å². The summed E-state index contributed by atoms with van der Waals surface area (Å²) < 4.78 is 30.3. The van der Waals surface area contributed by atoms with Crippen LogP contribution in [0.1, 0.15) is 26.2 Å². The number of carbonyl (C=O) groups is 1. The number of piperidine rings is 1. The van der Waals surface area contributed by atoms with Crippen LogP contribution in [0.4, 0.5) is 15.9 Å². The molecule has 3 aromatic rings. The van der Waals surface area contributed by atoms with E-state index in [1.165, 1.54) is 18.5 Å². The molecule has 0 atom stereocenters. The van der Waals surface area contributed by atoms with Crippen LogP contribution in [0.15, 0.2) is 36.7 Å². The van der Waals surface area contributed by atoms with Gasteiger partial charge in [0, 0.05) is 23.7 Å². The Kier molecular flexibility index (Phi) is 8.77. The van der Waals surface area contributed by atoms with Crippen molar-refractivity contribution in [2.75, 3.05) is 45.3 Å². The van der Waals surface area contributed by atoms with Crippen molar-refractivity contribution < 1.29 is 23.4 Å². The first kappa shape index (κ1) is 25.9. The van der Waals surface area contributed by atoms with Gasteiger partial charge in [-0.05, 0) is 63.5 Å². The molecule has 1 aliphatic heterocycles. The van der Waals surface area contributed by atoms with Gasteiger partial charge in [0.25, 0.3) is 0 Å². The van der Waals surface area contributed by atoms with Crippen LogP contribution in [0.3, 0.4) is 0 Å². The molecule has 2 heterocycles. The van der Waals surface area contributed by atoms with Crippen molar-refractivity contribution in [2.45, 2.75) is 26.2 Å². The lowest BCUT2D eigenvalue weighted by molar-refractivity contribution is -0.149. The molecule has 36 heavy (non-hydrogen) atoms. The molecule has 192 valence electrons. The van der Waals surface area contributed by atoms with Crippen LogP contribution >= 0.6 is 11.6 Å². The Morgan fingerprint density at radius 2 is 2.00 bits per heavy atom. The van der Waals surface area contributed by atoms with Crippen LogP contribution in [0.25, 0.3) is 10.9 Å². The number of anilines is 2. The summed E-state index contributed by atoms with van der Waals surface area (Å²) in [7, 11) is 1.59. The normalized spacial score (nSPS) is 14.6. The number of hydrogen-bond donors (Lipinski definition) is 1. The third-order valence-electron chi connectivity index (χ3n) is 6.19. The summed E-state index contributed by atoms with van der Waals surface area (Å²) in [5, 5.41) is 3.92. The summed E-state index contributed by atoms with van der Waals surface area (Å²) in [6, 6.07) is 8.03. The lowest BCUT2D eigenvalue weighted by Crippen LogP contribution is -2.37.